The number of aryl methyl sites for hydroxylation is 1. The van der Waals surface area contributed by atoms with Gasteiger partial charge in [-0.25, -0.2) is 0 Å². The number of hydrogen-bond donors (Lipinski definition) is 3. The first-order valence-electron chi connectivity index (χ1n) is 8.11. The number of sulfonamides is 1. The lowest BCUT2D eigenvalue weighted by Crippen LogP contribution is -2.21. The molecule has 0 aliphatic rings. The Hall–Kier alpha value is -3.32. The molecule has 3 N–H and O–H groups in total. The molecule has 7 heteroatoms. The van der Waals surface area contributed by atoms with E-state index in [1.165, 1.54) is 30.3 Å². The second-order valence-corrected chi connectivity index (χ2v) is 7.60. The highest BCUT2D eigenvalue weighted by atomic mass is 32.2. The summed E-state index contributed by atoms with van der Waals surface area (Å²) >= 11 is 0. The Labute approximate surface area is 157 Å². The Bertz CT molecular complexity index is 1080. The predicted octanol–water partition coefficient (Wildman–Crippen LogP) is 3.14. The van der Waals surface area contributed by atoms with E-state index in [1.807, 2.05) is 13.0 Å². The van der Waals surface area contributed by atoms with E-state index in [2.05, 4.69) is 9.93 Å². The lowest BCUT2D eigenvalue weighted by Gasteiger charge is -2.11. The van der Waals surface area contributed by atoms with Crippen molar-refractivity contribution in [2.75, 3.05) is 0 Å². The zero-order valence-electron chi connectivity index (χ0n) is 14.5. The molecule has 27 heavy (non-hydrogen) atoms. The molecule has 0 atom stereocenters. The maximum absolute atomic E-state index is 12.5. The molecule has 0 aliphatic carbocycles. The molecule has 0 spiro atoms. The van der Waals surface area contributed by atoms with Crippen LogP contribution < -0.4 is 4.83 Å². The van der Waals surface area contributed by atoms with E-state index in [9.17, 15) is 18.6 Å². The lowest BCUT2D eigenvalue weighted by atomic mass is 10.0. The van der Waals surface area contributed by atoms with Crippen LogP contribution in [0.5, 0.6) is 11.5 Å². The second-order valence-electron chi connectivity index (χ2n) is 5.94. The summed E-state index contributed by atoms with van der Waals surface area (Å²) < 4.78 is 25.1. The molecule has 0 aromatic heterocycles. The monoisotopic (exact) mass is 382 g/mol. The smallest absolute Gasteiger partial charge is 0.276 e. The number of hydrazone groups is 1. The quantitative estimate of drug-likeness (QED) is 0.466. The molecule has 0 aliphatic heterocycles. The molecule has 0 saturated carbocycles. The van der Waals surface area contributed by atoms with Gasteiger partial charge in [0.05, 0.1) is 4.90 Å². The van der Waals surface area contributed by atoms with Crippen LogP contribution in [0.3, 0.4) is 0 Å². The van der Waals surface area contributed by atoms with Gasteiger partial charge in [-0.1, -0.05) is 48.0 Å². The minimum Gasteiger partial charge on any atom is -0.508 e. The van der Waals surface area contributed by atoms with Crippen molar-refractivity contribution in [1.29, 1.82) is 0 Å². The maximum atomic E-state index is 12.5. The van der Waals surface area contributed by atoms with Gasteiger partial charge in [-0.2, -0.15) is 18.4 Å². The molecule has 0 heterocycles. The van der Waals surface area contributed by atoms with Crippen LogP contribution in [-0.4, -0.2) is 24.3 Å². The first-order chi connectivity index (χ1) is 12.9. The largest absolute Gasteiger partial charge is 0.508 e. The number of benzene rings is 3. The third kappa shape index (κ3) is 4.27. The molecule has 0 bridgehead atoms. The standard InChI is InChI=1S/C20H18N2O4S/c1-14-7-10-17(11-8-14)27(25,26)22-21-20(15-5-3-2-4-6-15)18-12-9-16(23)13-19(18)24/h2-13,22-24H,1H3/b21-20-. The predicted molar refractivity (Wildman–Crippen MR) is 103 cm³/mol. The van der Waals surface area contributed by atoms with Gasteiger partial charge < -0.3 is 10.2 Å². The number of aromatic hydroxyl groups is 2. The Morgan fingerprint density at radius 2 is 1.59 bits per heavy atom. The average molecular weight is 382 g/mol. The number of nitrogens with zero attached hydrogens (tertiary/aromatic N) is 1. The Balaban J connectivity index is 2.04. The van der Waals surface area contributed by atoms with Crippen LogP contribution in [0.1, 0.15) is 16.7 Å². The molecule has 0 saturated heterocycles. The third-order valence-corrected chi connectivity index (χ3v) is 5.12. The minimum atomic E-state index is -3.88. The fourth-order valence-electron chi connectivity index (χ4n) is 2.47. The van der Waals surface area contributed by atoms with Crippen LogP contribution in [0.4, 0.5) is 0 Å². The summed E-state index contributed by atoms with van der Waals surface area (Å²) in [5, 5.41) is 23.8. The third-order valence-electron chi connectivity index (χ3n) is 3.89. The van der Waals surface area contributed by atoms with Gasteiger partial charge >= 0.3 is 0 Å². The molecule has 3 rings (SSSR count). The second kappa shape index (κ2) is 7.51. The van der Waals surface area contributed by atoms with Crippen molar-refractivity contribution in [3.8, 4) is 11.5 Å². The summed E-state index contributed by atoms with van der Waals surface area (Å²) in [5.41, 5.74) is 2.05. The molecular formula is C20H18N2O4S. The van der Waals surface area contributed by atoms with Gasteiger partial charge in [0.1, 0.15) is 17.2 Å². The van der Waals surface area contributed by atoms with Gasteiger partial charge in [0.15, 0.2) is 0 Å². The number of nitrogens with one attached hydrogen (secondary N) is 1. The zero-order chi connectivity index (χ0) is 19.4. The van der Waals surface area contributed by atoms with Crippen LogP contribution in [0.2, 0.25) is 0 Å². The topological polar surface area (TPSA) is 99.0 Å². The highest BCUT2D eigenvalue weighted by Gasteiger charge is 2.16. The molecule has 0 fully saturated rings. The van der Waals surface area contributed by atoms with E-state index in [-0.39, 0.29) is 27.7 Å². The summed E-state index contributed by atoms with van der Waals surface area (Å²) in [7, 11) is -3.88. The van der Waals surface area contributed by atoms with Crippen molar-refractivity contribution in [1.82, 2.24) is 4.83 Å². The number of phenolic OH excluding ortho intramolecular Hbond substituents is 2. The van der Waals surface area contributed by atoms with Gasteiger partial charge in [-0.15, -0.1) is 0 Å². The highest BCUT2D eigenvalue weighted by molar-refractivity contribution is 7.89. The Morgan fingerprint density at radius 1 is 0.926 bits per heavy atom. The van der Waals surface area contributed by atoms with Crippen molar-refractivity contribution >= 4 is 15.7 Å². The van der Waals surface area contributed by atoms with Crippen molar-refractivity contribution in [3.63, 3.8) is 0 Å². The Kier molecular flexibility index (Phi) is 5.14. The molecule has 6 nitrogen and oxygen atoms in total. The van der Waals surface area contributed by atoms with Gasteiger partial charge in [-0.3, -0.25) is 0 Å². The normalized spacial score (nSPS) is 12.0. The van der Waals surface area contributed by atoms with E-state index < -0.39 is 10.0 Å². The van der Waals surface area contributed by atoms with Crippen molar-refractivity contribution < 1.29 is 18.6 Å². The van der Waals surface area contributed by atoms with Crippen molar-refractivity contribution in [2.24, 2.45) is 5.10 Å². The molecule has 3 aromatic rings. The van der Waals surface area contributed by atoms with Gasteiger partial charge in [0.2, 0.25) is 0 Å². The van der Waals surface area contributed by atoms with Crippen LogP contribution >= 0.6 is 0 Å². The summed E-state index contributed by atoms with van der Waals surface area (Å²) in [5.74, 6) is -0.323. The maximum Gasteiger partial charge on any atom is 0.276 e. The van der Waals surface area contributed by atoms with E-state index in [1.54, 1.807) is 36.4 Å². The molecule has 3 aromatic carbocycles. The lowest BCUT2D eigenvalue weighted by molar-refractivity contribution is 0.450. The zero-order valence-corrected chi connectivity index (χ0v) is 15.3. The SMILES string of the molecule is Cc1ccc(S(=O)(=O)N/N=C(/c2ccccc2)c2ccc(O)cc2O)cc1. The van der Waals surface area contributed by atoms with Crippen LogP contribution in [-0.2, 0) is 10.0 Å². The van der Waals surface area contributed by atoms with E-state index in [0.717, 1.165) is 5.56 Å². The molecule has 0 amide bonds. The fourth-order valence-corrected chi connectivity index (χ4v) is 3.28. The fraction of sp³-hybridized carbons (Fsp3) is 0.0500. The van der Waals surface area contributed by atoms with Crippen LogP contribution in [0.15, 0.2) is 82.8 Å². The Morgan fingerprint density at radius 3 is 2.22 bits per heavy atom. The highest BCUT2D eigenvalue weighted by Crippen LogP contribution is 2.25. The van der Waals surface area contributed by atoms with Crippen molar-refractivity contribution in [3.05, 3.63) is 89.5 Å². The van der Waals surface area contributed by atoms with Crippen molar-refractivity contribution in [2.45, 2.75) is 11.8 Å². The first-order valence-corrected chi connectivity index (χ1v) is 9.59. The molecular weight excluding hydrogens is 364 g/mol. The summed E-state index contributed by atoms with van der Waals surface area (Å²) in [6, 6.07) is 19.3. The molecule has 0 unspecified atom stereocenters. The molecule has 138 valence electrons. The van der Waals surface area contributed by atoms with Crippen LogP contribution in [0, 0.1) is 6.92 Å². The summed E-state index contributed by atoms with van der Waals surface area (Å²) in [6.07, 6.45) is 0. The molecule has 0 radical (unpaired) electrons. The van der Waals surface area contributed by atoms with E-state index in [0.29, 0.717) is 5.56 Å². The summed E-state index contributed by atoms with van der Waals surface area (Å²) in [4.78, 5) is 2.30. The number of phenols is 2. The van der Waals surface area contributed by atoms with Crippen LogP contribution in [0.25, 0.3) is 0 Å². The van der Waals surface area contributed by atoms with E-state index in [4.69, 9.17) is 0 Å². The van der Waals surface area contributed by atoms with Gasteiger partial charge in [-0.05, 0) is 31.2 Å². The summed E-state index contributed by atoms with van der Waals surface area (Å²) in [6.45, 7) is 1.86. The van der Waals surface area contributed by atoms with Gasteiger partial charge in [0.25, 0.3) is 10.0 Å². The minimum absolute atomic E-state index is 0.0826. The van der Waals surface area contributed by atoms with E-state index >= 15 is 0 Å². The number of hydrogen-bond acceptors (Lipinski definition) is 5. The number of rotatable bonds is 5. The van der Waals surface area contributed by atoms with Gasteiger partial charge in [0, 0.05) is 17.2 Å². The first kappa shape index (κ1) is 18.5. The average Bonchev–Trinajstić information content (AvgIpc) is 2.64.